The van der Waals surface area contributed by atoms with Crippen LogP contribution >= 0.6 is 0 Å². The number of amides is 1. The summed E-state index contributed by atoms with van der Waals surface area (Å²) in [6, 6.07) is 20.7. The van der Waals surface area contributed by atoms with Crippen LogP contribution in [0.5, 0.6) is 5.75 Å². The van der Waals surface area contributed by atoms with Gasteiger partial charge in [0.1, 0.15) is 18.1 Å². The molecule has 4 rings (SSSR count). The van der Waals surface area contributed by atoms with Crippen LogP contribution in [-0.2, 0) is 11.3 Å². The molecule has 0 atom stereocenters. The van der Waals surface area contributed by atoms with Gasteiger partial charge in [0.05, 0.1) is 13.2 Å². The van der Waals surface area contributed by atoms with Crippen LogP contribution in [0.4, 0.5) is 11.4 Å². The number of carbonyl (C=O) groups is 1. The van der Waals surface area contributed by atoms with Crippen LogP contribution < -0.4 is 15.0 Å². The Morgan fingerprint density at radius 1 is 0.964 bits per heavy atom. The third kappa shape index (κ3) is 4.53. The summed E-state index contributed by atoms with van der Waals surface area (Å²) in [5, 5.41) is 2.86. The third-order valence-corrected chi connectivity index (χ3v) is 4.51. The maximum absolute atomic E-state index is 12.4. The van der Waals surface area contributed by atoms with Gasteiger partial charge < -0.3 is 24.1 Å². The topological polar surface area (TPSA) is 63.9 Å². The van der Waals surface area contributed by atoms with Crippen molar-refractivity contribution in [2.75, 3.05) is 36.5 Å². The maximum atomic E-state index is 12.4. The number of para-hydroxylation sites is 1. The molecule has 1 amide bonds. The van der Waals surface area contributed by atoms with Gasteiger partial charge in [-0.3, -0.25) is 4.79 Å². The smallest absolute Gasteiger partial charge is 0.291 e. The van der Waals surface area contributed by atoms with E-state index in [4.69, 9.17) is 13.9 Å². The second-order valence-electron chi connectivity index (χ2n) is 6.47. The standard InChI is InChI=1S/C22H22N2O4/c25-22(21-11-10-20(28-21)16-27-19-4-2-1-3-5-19)23-17-6-8-18(9-7-17)24-12-14-26-15-13-24/h1-11H,12-16H2,(H,23,25). The molecule has 0 spiro atoms. The highest BCUT2D eigenvalue weighted by Crippen LogP contribution is 2.20. The number of hydrogen-bond donors (Lipinski definition) is 1. The highest BCUT2D eigenvalue weighted by Gasteiger charge is 2.14. The van der Waals surface area contributed by atoms with Gasteiger partial charge in [-0.25, -0.2) is 0 Å². The van der Waals surface area contributed by atoms with E-state index in [1.165, 1.54) is 0 Å². The van der Waals surface area contributed by atoms with Crippen LogP contribution in [0.2, 0.25) is 0 Å². The fraction of sp³-hybridized carbons (Fsp3) is 0.227. The van der Waals surface area contributed by atoms with Gasteiger partial charge in [0, 0.05) is 24.5 Å². The molecule has 1 fully saturated rings. The van der Waals surface area contributed by atoms with Gasteiger partial charge in [0.2, 0.25) is 0 Å². The molecule has 6 nitrogen and oxygen atoms in total. The zero-order chi connectivity index (χ0) is 19.2. The molecule has 3 aromatic rings. The number of benzene rings is 2. The molecule has 1 aromatic heterocycles. The zero-order valence-electron chi connectivity index (χ0n) is 15.5. The molecule has 1 aliphatic heterocycles. The fourth-order valence-corrected chi connectivity index (χ4v) is 3.02. The van der Waals surface area contributed by atoms with Gasteiger partial charge in [0.15, 0.2) is 5.76 Å². The van der Waals surface area contributed by atoms with Crippen LogP contribution in [-0.4, -0.2) is 32.2 Å². The molecule has 0 saturated carbocycles. The molecular weight excluding hydrogens is 356 g/mol. The molecule has 2 aromatic carbocycles. The van der Waals surface area contributed by atoms with Gasteiger partial charge in [-0.1, -0.05) is 18.2 Å². The monoisotopic (exact) mass is 378 g/mol. The summed E-state index contributed by atoms with van der Waals surface area (Å²) in [5.41, 5.74) is 1.85. The van der Waals surface area contributed by atoms with Crippen molar-refractivity contribution in [3.05, 3.63) is 78.3 Å². The molecule has 2 heterocycles. The Morgan fingerprint density at radius 2 is 1.71 bits per heavy atom. The number of hydrogen-bond acceptors (Lipinski definition) is 5. The molecule has 0 aliphatic carbocycles. The minimum Gasteiger partial charge on any atom is -0.486 e. The third-order valence-electron chi connectivity index (χ3n) is 4.51. The van der Waals surface area contributed by atoms with E-state index in [1.54, 1.807) is 12.1 Å². The van der Waals surface area contributed by atoms with Crippen molar-refractivity contribution in [2.45, 2.75) is 6.61 Å². The van der Waals surface area contributed by atoms with Gasteiger partial charge in [-0.15, -0.1) is 0 Å². The van der Waals surface area contributed by atoms with E-state index < -0.39 is 0 Å². The van der Waals surface area contributed by atoms with E-state index in [0.717, 1.165) is 43.4 Å². The van der Waals surface area contributed by atoms with Crippen molar-refractivity contribution in [2.24, 2.45) is 0 Å². The number of nitrogens with zero attached hydrogens (tertiary/aromatic N) is 1. The summed E-state index contributed by atoms with van der Waals surface area (Å²) in [5.74, 6) is 1.32. The second kappa shape index (κ2) is 8.63. The van der Waals surface area contributed by atoms with E-state index in [2.05, 4.69) is 10.2 Å². The normalized spacial score (nSPS) is 13.9. The Kier molecular flexibility index (Phi) is 5.58. The van der Waals surface area contributed by atoms with Gasteiger partial charge in [-0.2, -0.15) is 0 Å². The van der Waals surface area contributed by atoms with Gasteiger partial charge in [0.25, 0.3) is 5.91 Å². The van der Waals surface area contributed by atoms with E-state index in [0.29, 0.717) is 5.76 Å². The van der Waals surface area contributed by atoms with Gasteiger partial charge in [-0.05, 0) is 48.5 Å². The molecule has 1 saturated heterocycles. The van der Waals surface area contributed by atoms with E-state index in [1.807, 2.05) is 54.6 Å². The molecule has 1 aliphatic rings. The number of carbonyl (C=O) groups excluding carboxylic acids is 1. The highest BCUT2D eigenvalue weighted by molar-refractivity contribution is 6.02. The molecule has 144 valence electrons. The Balaban J connectivity index is 1.32. The second-order valence-corrected chi connectivity index (χ2v) is 6.47. The first kappa shape index (κ1) is 18.1. The van der Waals surface area contributed by atoms with E-state index in [-0.39, 0.29) is 18.3 Å². The number of ether oxygens (including phenoxy) is 2. The molecule has 6 heteroatoms. The number of nitrogens with one attached hydrogen (secondary N) is 1. The Bertz CT molecular complexity index is 900. The summed E-state index contributed by atoms with van der Waals surface area (Å²) in [4.78, 5) is 14.7. The Hall–Kier alpha value is -3.25. The first-order chi connectivity index (χ1) is 13.8. The lowest BCUT2D eigenvalue weighted by molar-refractivity contribution is 0.0992. The molecule has 0 radical (unpaired) electrons. The molecule has 28 heavy (non-hydrogen) atoms. The zero-order valence-corrected chi connectivity index (χ0v) is 15.5. The van der Waals surface area contributed by atoms with Crippen molar-refractivity contribution in [1.82, 2.24) is 0 Å². The summed E-state index contributed by atoms with van der Waals surface area (Å²) in [6.45, 7) is 3.52. The summed E-state index contributed by atoms with van der Waals surface area (Å²) in [7, 11) is 0. The van der Waals surface area contributed by atoms with Gasteiger partial charge >= 0.3 is 0 Å². The first-order valence-electron chi connectivity index (χ1n) is 9.28. The lowest BCUT2D eigenvalue weighted by atomic mass is 10.2. The average molecular weight is 378 g/mol. The van der Waals surface area contributed by atoms with E-state index >= 15 is 0 Å². The van der Waals surface area contributed by atoms with Crippen molar-refractivity contribution in [3.8, 4) is 5.75 Å². The van der Waals surface area contributed by atoms with Crippen molar-refractivity contribution in [3.63, 3.8) is 0 Å². The summed E-state index contributed by atoms with van der Waals surface area (Å²) >= 11 is 0. The predicted molar refractivity (Wildman–Crippen MR) is 107 cm³/mol. The minimum absolute atomic E-state index is 0.254. The Morgan fingerprint density at radius 3 is 2.46 bits per heavy atom. The van der Waals surface area contributed by atoms with Crippen LogP contribution in [0.15, 0.2) is 71.1 Å². The van der Waals surface area contributed by atoms with Crippen molar-refractivity contribution >= 4 is 17.3 Å². The summed E-state index contributed by atoms with van der Waals surface area (Å²) in [6.07, 6.45) is 0. The summed E-state index contributed by atoms with van der Waals surface area (Å²) < 4.78 is 16.6. The molecule has 0 unspecified atom stereocenters. The number of morpholine rings is 1. The highest BCUT2D eigenvalue weighted by atomic mass is 16.5. The average Bonchev–Trinajstić information content (AvgIpc) is 3.24. The number of rotatable bonds is 6. The molecular formula is C22H22N2O4. The van der Waals surface area contributed by atoms with Crippen LogP contribution in [0.25, 0.3) is 0 Å². The van der Waals surface area contributed by atoms with Crippen LogP contribution in [0.1, 0.15) is 16.3 Å². The number of furan rings is 1. The van der Waals surface area contributed by atoms with Crippen LogP contribution in [0, 0.1) is 0 Å². The lowest BCUT2D eigenvalue weighted by Crippen LogP contribution is -2.36. The molecule has 1 N–H and O–H groups in total. The van der Waals surface area contributed by atoms with Crippen LogP contribution in [0.3, 0.4) is 0 Å². The fourth-order valence-electron chi connectivity index (χ4n) is 3.02. The maximum Gasteiger partial charge on any atom is 0.291 e. The number of anilines is 2. The Labute approximate surface area is 163 Å². The largest absolute Gasteiger partial charge is 0.486 e. The SMILES string of the molecule is O=C(Nc1ccc(N2CCOCC2)cc1)c1ccc(COc2ccccc2)o1. The molecule has 0 bridgehead atoms. The van der Waals surface area contributed by atoms with Crippen molar-refractivity contribution in [1.29, 1.82) is 0 Å². The minimum atomic E-state index is -0.287. The predicted octanol–water partition coefficient (Wildman–Crippen LogP) is 3.95. The lowest BCUT2D eigenvalue weighted by Gasteiger charge is -2.28. The van der Waals surface area contributed by atoms with E-state index in [9.17, 15) is 4.79 Å². The first-order valence-corrected chi connectivity index (χ1v) is 9.28. The quantitative estimate of drug-likeness (QED) is 0.704. The van der Waals surface area contributed by atoms with Crippen molar-refractivity contribution < 1.29 is 18.7 Å².